The van der Waals surface area contributed by atoms with Gasteiger partial charge in [0.15, 0.2) is 5.78 Å². The molecule has 0 saturated heterocycles. The average Bonchev–Trinajstić information content (AvgIpc) is 2.47. The van der Waals surface area contributed by atoms with Crippen molar-refractivity contribution in [3.63, 3.8) is 0 Å². The zero-order valence-electron chi connectivity index (χ0n) is 12.0. The van der Waals surface area contributed by atoms with Crippen molar-refractivity contribution < 1.29 is 4.79 Å². The molecule has 0 aromatic heterocycles. The van der Waals surface area contributed by atoms with Crippen LogP contribution in [-0.2, 0) is 6.54 Å². The normalized spacial score (nSPS) is 12.1. The Kier molecular flexibility index (Phi) is 7.80. The molecule has 0 heterocycles. The molecule has 0 aliphatic rings. The number of hydrogen-bond acceptors (Lipinski definition) is 4. The molecule has 0 spiro atoms. The second-order valence-corrected chi connectivity index (χ2v) is 4.83. The van der Waals surface area contributed by atoms with Crippen molar-refractivity contribution in [2.24, 2.45) is 11.5 Å². The van der Waals surface area contributed by atoms with Crippen molar-refractivity contribution in [3.8, 4) is 0 Å². The van der Waals surface area contributed by atoms with Crippen molar-refractivity contribution in [2.75, 3.05) is 13.1 Å². The fourth-order valence-corrected chi connectivity index (χ4v) is 2.06. The summed E-state index contributed by atoms with van der Waals surface area (Å²) in [7, 11) is 0. The Hall–Kier alpha value is -1.49. The van der Waals surface area contributed by atoms with Crippen molar-refractivity contribution in [3.05, 3.63) is 48.0 Å². The monoisotopic (exact) mass is 275 g/mol. The number of Topliss-reactive ketones (excluding diaryl/α,β-unsaturated/α-hetero) is 1. The molecule has 0 radical (unpaired) electrons. The fourth-order valence-electron chi connectivity index (χ4n) is 2.06. The molecule has 1 aromatic rings. The van der Waals surface area contributed by atoms with Gasteiger partial charge in [-0.25, -0.2) is 0 Å². The lowest BCUT2D eigenvalue weighted by molar-refractivity contribution is 0.0955. The van der Waals surface area contributed by atoms with E-state index in [9.17, 15) is 4.79 Å². The maximum atomic E-state index is 12.4. The molecule has 110 valence electrons. The van der Waals surface area contributed by atoms with E-state index in [4.69, 9.17) is 11.5 Å². The minimum Gasteiger partial charge on any atom is -0.330 e. The van der Waals surface area contributed by atoms with E-state index in [0.717, 1.165) is 18.4 Å². The standard InChI is InChI=1S/C16H25N3O/c1-2-11-19-12-13-7-3-4-8-14(13)16(20)15(18)9-5-6-10-17/h2-4,7-8,15,19H,1,5-6,9-12,17-18H2/t15-/m0/s1. The zero-order chi connectivity index (χ0) is 14.8. The zero-order valence-corrected chi connectivity index (χ0v) is 12.0. The molecule has 1 rings (SSSR count). The van der Waals surface area contributed by atoms with Crippen LogP contribution in [0.3, 0.4) is 0 Å². The molecule has 0 aliphatic heterocycles. The second kappa shape index (κ2) is 9.42. The Morgan fingerprint density at radius 3 is 2.80 bits per heavy atom. The first kappa shape index (κ1) is 16.6. The molecule has 4 heteroatoms. The summed E-state index contributed by atoms with van der Waals surface area (Å²) < 4.78 is 0. The molecular formula is C16H25N3O. The minimum absolute atomic E-state index is 0.0121. The van der Waals surface area contributed by atoms with Crippen LogP contribution in [-0.4, -0.2) is 24.9 Å². The van der Waals surface area contributed by atoms with E-state index in [1.54, 1.807) is 6.08 Å². The first-order valence-corrected chi connectivity index (χ1v) is 7.10. The highest BCUT2D eigenvalue weighted by Crippen LogP contribution is 2.13. The third-order valence-electron chi connectivity index (χ3n) is 3.19. The van der Waals surface area contributed by atoms with Gasteiger partial charge in [0.1, 0.15) is 0 Å². The van der Waals surface area contributed by atoms with Crippen LogP contribution in [0.15, 0.2) is 36.9 Å². The summed E-state index contributed by atoms with van der Waals surface area (Å²) in [6, 6.07) is 7.16. The Balaban J connectivity index is 2.68. The number of rotatable bonds is 10. The Morgan fingerprint density at radius 1 is 1.35 bits per heavy atom. The predicted molar refractivity (Wildman–Crippen MR) is 83.6 cm³/mol. The van der Waals surface area contributed by atoms with E-state index < -0.39 is 6.04 Å². The predicted octanol–water partition coefficient (Wildman–Crippen LogP) is 1.60. The summed E-state index contributed by atoms with van der Waals surface area (Å²) in [5.41, 5.74) is 13.1. The highest BCUT2D eigenvalue weighted by atomic mass is 16.1. The van der Waals surface area contributed by atoms with Gasteiger partial charge in [-0.2, -0.15) is 0 Å². The maximum absolute atomic E-state index is 12.4. The largest absolute Gasteiger partial charge is 0.330 e. The van der Waals surface area contributed by atoms with E-state index >= 15 is 0 Å². The Morgan fingerprint density at radius 2 is 2.10 bits per heavy atom. The van der Waals surface area contributed by atoms with Gasteiger partial charge >= 0.3 is 0 Å². The third kappa shape index (κ3) is 5.25. The second-order valence-electron chi connectivity index (χ2n) is 4.83. The summed E-state index contributed by atoms with van der Waals surface area (Å²) in [5, 5.41) is 3.21. The number of hydrogen-bond donors (Lipinski definition) is 3. The van der Waals surface area contributed by atoms with Crippen molar-refractivity contribution in [1.29, 1.82) is 0 Å². The van der Waals surface area contributed by atoms with Crippen LogP contribution in [0.4, 0.5) is 0 Å². The topological polar surface area (TPSA) is 81.1 Å². The number of benzene rings is 1. The number of unbranched alkanes of at least 4 members (excludes halogenated alkanes) is 1. The Bertz CT molecular complexity index is 431. The smallest absolute Gasteiger partial charge is 0.179 e. The number of nitrogens with two attached hydrogens (primary N) is 2. The molecule has 5 N–H and O–H groups in total. The molecule has 0 saturated carbocycles. The van der Waals surface area contributed by atoms with Crippen LogP contribution in [0, 0.1) is 0 Å². The van der Waals surface area contributed by atoms with Crippen LogP contribution in [0.2, 0.25) is 0 Å². The lowest BCUT2D eigenvalue weighted by atomic mass is 9.96. The SMILES string of the molecule is C=CCNCc1ccccc1C(=O)[C@@H](N)CCCCN. The Labute approximate surface area is 121 Å². The van der Waals surface area contributed by atoms with E-state index in [1.165, 1.54) is 0 Å². The summed E-state index contributed by atoms with van der Waals surface area (Å²) in [5.74, 6) is 0.0121. The summed E-state index contributed by atoms with van der Waals surface area (Å²) in [4.78, 5) is 12.4. The molecule has 0 bridgehead atoms. The number of carbonyl (C=O) groups is 1. The molecule has 0 fully saturated rings. The minimum atomic E-state index is -0.442. The highest BCUT2D eigenvalue weighted by molar-refractivity contribution is 6.01. The van der Waals surface area contributed by atoms with Crippen LogP contribution in [0.5, 0.6) is 0 Å². The van der Waals surface area contributed by atoms with E-state index in [-0.39, 0.29) is 5.78 Å². The van der Waals surface area contributed by atoms with Crippen LogP contribution < -0.4 is 16.8 Å². The summed E-state index contributed by atoms with van der Waals surface area (Å²) in [6.07, 6.45) is 4.28. The molecule has 20 heavy (non-hydrogen) atoms. The first-order valence-electron chi connectivity index (χ1n) is 7.10. The molecule has 0 aliphatic carbocycles. The van der Waals surface area contributed by atoms with E-state index in [2.05, 4.69) is 11.9 Å². The quantitative estimate of drug-likeness (QED) is 0.344. The van der Waals surface area contributed by atoms with Gasteiger partial charge in [0.25, 0.3) is 0 Å². The van der Waals surface area contributed by atoms with Gasteiger partial charge in [-0.15, -0.1) is 6.58 Å². The van der Waals surface area contributed by atoms with Crippen molar-refractivity contribution in [2.45, 2.75) is 31.8 Å². The van der Waals surface area contributed by atoms with Crippen molar-refractivity contribution in [1.82, 2.24) is 5.32 Å². The maximum Gasteiger partial charge on any atom is 0.179 e. The van der Waals surface area contributed by atoms with Crippen LogP contribution in [0.1, 0.15) is 35.2 Å². The molecular weight excluding hydrogens is 250 g/mol. The molecule has 0 unspecified atom stereocenters. The summed E-state index contributed by atoms with van der Waals surface area (Å²) >= 11 is 0. The highest BCUT2D eigenvalue weighted by Gasteiger charge is 2.17. The molecule has 0 amide bonds. The van der Waals surface area contributed by atoms with Gasteiger partial charge in [-0.05, 0) is 24.9 Å². The van der Waals surface area contributed by atoms with Gasteiger partial charge in [0, 0.05) is 18.7 Å². The van der Waals surface area contributed by atoms with Gasteiger partial charge in [0.05, 0.1) is 6.04 Å². The third-order valence-corrected chi connectivity index (χ3v) is 3.19. The van der Waals surface area contributed by atoms with Gasteiger partial charge in [-0.1, -0.05) is 36.8 Å². The number of carbonyl (C=O) groups excluding carboxylic acids is 1. The molecule has 4 nitrogen and oxygen atoms in total. The van der Waals surface area contributed by atoms with Crippen molar-refractivity contribution >= 4 is 5.78 Å². The molecule has 1 atom stereocenters. The van der Waals surface area contributed by atoms with E-state index in [1.807, 2.05) is 24.3 Å². The number of nitrogens with one attached hydrogen (secondary N) is 1. The number of ketones is 1. The van der Waals surface area contributed by atoms with Gasteiger partial charge in [-0.3, -0.25) is 4.79 Å². The molecule has 1 aromatic carbocycles. The fraction of sp³-hybridized carbons (Fsp3) is 0.438. The summed E-state index contributed by atoms with van der Waals surface area (Å²) in [6.45, 7) is 5.66. The van der Waals surface area contributed by atoms with Gasteiger partial charge in [0.2, 0.25) is 0 Å². The van der Waals surface area contributed by atoms with Crippen LogP contribution >= 0.6 is 0 Å². The first-order chi connectivity index (χ1) is 9.70. The lowest BCUT2D eigenvalue weighted by Gasteiger charge is -2.14. The van der Waals surface area contributed by atoms with Gasteiger partial charge < -0.3 is 16.8 Å². The van der Waals surface area contributed by atoms with E-state index in [0.29, 0.717) is 31.6 Å². The lowest BCUT2D eigenvalue weighted by Crippen LogP contribution is -2.31. The van der Waals surface area contributed by atoms with Crippen LogP contribution in [0.25, 0.3) is 0 Å². The average molecular weight is 275 g/mol.